The molecule has 0 radical (unpaired) electrons. The fourth-order valence-electron chi connectivity index (χ4n) is 2.12. The monoisotopic (exact) mass is 256 g/mol. The predicted molar refractivity (Wildman–Crippen MR) is 77.3 cm³/mol. The SMILES string of the molecule is COc1ncc(-c2ccc(CC(C)C)cc2)c(C)n1. The number of nitrogens with zero attached hydrogens (tertiary/aromatic N) is 2. The molecule has 2 rings (SSSR count). The molecule has 1 aromatic heterocycles. The maximum absolute atomic E-state index is 5.03. The molecule has 0 saturated carbocycles. The minimum absolute atomic E-state index is 0.415. The summed E-state index contributed by atoms with van der Waals surface area (Å²) in [6, 6.07) is 9.04. The minimum Gasteiger partial charge on any atom is -0.467 e. The zero-order valence-electron chi connectivity index (χ0n) is 12.0. The molecular weight excluding hydrogens is 236 g/mol. The molecule has 0 aliphatic carbocycles. The predicted octanol–water partition coefficient (Wildman–Crippen LogP) is 3.66. The van der Waals surface area contributed by atoms with Gasteiger partial charge in [0.05, 0.1) is 12.8 Å². The van der Waals surface area contributed by atoms with Gasteiger partial charge in [-0.2, -0.15) is 4.98 Å². The number of hydrogen-bond acceptors (Lipinski definition) is 3. The van der Waals surface area contributed by atoms with Crippen LogP contribution in [0.15, 0.2) is 30.5 Å². The fraction of sp³-hybridized carbons (Fsp3) is 0.375. The third-order valence-corrected chi connectivity index (χ3v) is 3.05. The molecule has 0 saturated heterocycles. The van der Waals surface area contributed by atoms with Crippen LogP contribution in [0.5, 0.6) is 6.01 Å². The largest absolute Gasteiger partial charge is 0.467 e. The van der Waals surface area contributed by atoms with Crippen LogP contribution in [0.25, 0.3) is 11.1 Å². The van der Waals surface area contributed by atoms with Crippen LogP contribution in [0.3, 0.4) is 0 Å². The molecule has 3 heteroatoms. The summed E-state index contributed by atoms with van der Waals surface area (Å²) in [7, 11) is 1.58. The zero-order valence-corrected chi connectivity index (χ0v) is 12.0. The molecule has 1 aromatic carbocycles. The lowest BCUT2D eigenvalue weighted by Gasteiger charge is -2.08. The van der Waals surface area contributed by atoms with Crippen LogP contribution >= 0.6 is 0 Å². The van der Waals surface area contributed by atoms with E-state index in [0.29, 0.717) is 11.9 Å². The first-order valence-electron chi connectivity index (χ1n) is 6.57. The number of benzene rings is 1. The topological polar surface area (TPSA) is 35.0 Å². The third kappa shape index (κ3) is 3.31. The van der Waals surface area contributed by atoms with E-state index < -0.39 is 0 Å². The number of aromatic nitrogens is 2. The van der Waals surface area contributed by atoms with Crippen molar-refractivity contribution in [2.75, 3.05) is 7.11 Å². The van der Waals surface area contributed by atoms with Gasteiger partial charge < -0.3 is 4.74 Å². The molecule has 0 amide bonds. The Hall–Kier alpha value is -1.90. The lowest BCUT2D eigenvalue weighted by atomic mass is 9.99. The van der Waals surface area contributed by atoms with Crippen LogP contribution in [-0.4, -0.2) is 17.1 Å². The Kier molecular flexibility index (Phi) is 4.15. The Morgan fingerprint density at radius 1 is 1.16 bits per heavy atom. The quantitative estimate of drug-likeness (QED) is 0.837. The van der Waals surface area contributed by atoms with E-state index in [1.165, 1.54) is 5.56 Å². The lowest BCUT2D eigenvalue weighted by molar-refractivity contribution is 0.379. The minimum atomic E-state index is 0.415. The highest BCUT2D eigenvalue weighted by Crippen LogP contribution is 2.23. The van der Waals surface area contributed by atoms with Crippen molar-refractivity contribution in [1.82, 2.24) is 9.97 Å². The van der Waals surface area contributed by atoms with Gasteiger partial charge in [0.25, 0.3) is 0 Å². The van der Waals surface area contributed by atoms with Crippen LogP contribution in [0, 0.1) is 12.8 Å². The summed E-state index contributed by atoms with van der Waals surface area (Å²) in [6.45, 7) is 6.44. The summed E-state index contributed by atoms with van der Waals surface area (Å²) >= 11 is 0. The molecule has 2 aromatic rings. The molecule has 1 heterocycles. The van der Waals surface area contributed by atoms with Crippen molar-refractivity contribution < 1.29 is 4.74 Å². The highest BCUT2D eigenvalue weighted by molar-refractivity contribution is 5.65. The number of rotatable bonds is 4. The van der Waals surface area contributed by atoms with Crippen molar-refractivity contribution in [3.63, 3.8) is 0 Å². The highest BCUT2D eigenvalue weighted by Gasteiger charge is 2.06. The maximum atomic E-state index is 5.03. The smallest absolute Gasteiger partial charge is 0.316 e. The second-order valence-electron chi connectivity index (χ2n) is 5.15. The van der Waals surface area contributed by atoms with Crippen LogP contribution in [0.1, 0.15) is 25.1 Å². The molecule has 3 nitrogen and oxygen atoms in total. The average Bonchev–Trinajstić information content (AvgIpc) is 2.39. The lowest BCUT2D eigenvalue weighted by Crippen LogP contribution is -1.97. The Morgan fingerprint density at radius 2 is 1.84 bits per heavy atom. The van der Waals surface area contributed by atoms with Crippen molar-refractivity contribution >= 4 is 0 Å². The first kappa shape index (κ1) is 13.5. The molecule has 0 N–H and O–H groups in total. The van der Waals surface area contributed by atoms with Crippen LogP contribution < -0.4 is 4.74 Å². The molecule has 0 atom stereocenters. The van der Waals surface area contributed by atoms with E-state index in [1.54, 1.807) is 7.11 Å². The van der Waals surface area contributed by atoms with Gasteiger partial charge in [-0.25, -0.2) is 4.98 Å². The number of aryl methyl sites for hydroxylation is 1. The number of methoxy groups -OCH3 is 1. The van der Waals surface area contributed by atoms with E-state index in [-0.39, 0.29) is 0 Å². The molecule has 19 heavy (non-hydrogen) atoms. The summed E-state index contributed by atoms with van der Waals surface area (Å²) in [4.78, 5) is 8.48. The van der Waals surface area contributed by atoms with Crippen molar-refractivity contribution in [3.8, 4) is 17.1 Å². The van der Waals surface area contributed by atoms with Crippen molar-refractivity contribution in [2.24, 2.45) is 5.92 Å². The van der Waals surface area contributed by atoms with E-state index in [9.17, 15) is 0 Å². The van der Waals surface area contributed by atoms with Gasteiger partial charge in [-0.1, -0.05) is 38.1 Å². The molecule has 0 spiro atoms. The van der Waals surface area contributed by atoms with Crippen molar-refractivity contribution in [1.29, 1.82) is 0 Å². The second kappa shape index (κ2) is 5.83. The van der Waals surface area contributed by atoms with Gasteiger partial charge >= 0.3 is 6.01 Å². The number of ether oxygens (including phenoxy) is 1. The van der Waals surface area contributed by atoms with Crippen LogP contribution in [0.2, 0.25) is 0 Å². The fourth-order valence-corrected chi connectivity index (χ4v) is 2.12. The summed E-state index contributed by atoms with van der Waals surface area (Å²) in [5.74, 6) is 0.678. The molecule has 0 aliphatic heterocycles. The second-order valence-corrected chi connectivity index (χ2v) is 5.15. The molecule has 0 unspecified atom stereocenters. The van der Waals surface area contributed by atoms with Gasteiger partial charge in [0, 0.05) is 11.8 Å². The third-order valence-electron chi connectivity index (χ3n) is 3.05. The van der Waals surface area contributed by atoms with Gasteiger partial charge in [-0.15, -0.1) is 0 Å². The average molecular weight is 256 g/mol. The maximum Gasteiger partial charge on any atom is 0.316 e. The first-order valence-corrected chi connectivity index (χ1v) is 6.57. The van der Waals surface area contributed by atoms with E-state index >= 15 is 0 Å². The molecule has 0 aliphatic rings. The van der Waals surface area contributed by atoms with E-state index in [0.717, 1.165) is 23.2 Å². The summed E-state index contributed by atoms with van der Waals surface area (Å²) in [5.41, 5.74) is 4.50. The zero-order chi connectivity index (χ0) is 13.8. The standard InChI is InChI=1S/C16H20N2O/c1-11(2)9-13-5-7-14(8-6-13)15-10-17-16(19-4)18-12(15)3/h5-8,10-11H,9H2,1-4H3. The van der Waals surface area contributed by atoms with Crippen LogP contribution in [0.4, 0.5) is 0 Å². The highest BCUT2D eigenvalue weighted by atomic mass is 16.5. The Bertz CT molecular complexity index is 547. The van der Waals surface area contributed by atoms with Crippen LogP contribution in [-0.2, 0) is 6.42 Å². The van der Waals surface area contributed by atoms with Gasteiger partial charge in [-0.05, 0) is 30.4 Å². The van der Waals surface area contributed by atoms with E-state index in [2.05, 4.69) is 48.1 Å². The molecular formula is C16H20N2O. The Labute approximate surface area is 114 Å². The van der Waals surface area contributed by atoms with E-state index in [4.69, 9.17) is 4.74 Å². The summed E-state index contributed by atoms with van der Waals surface area (Å²) in [6.07, 6.45) is 2.93. The first-order chi connectivity index (χ1) is 9.10. The van der Waals surface area contributed by atoms with Crippen molar-refractivity contribution in [2.45, 2.75) is 27.2 Å². The Morgan fingerprint density at radius 3 is 2.37 bits per heavy atom. The van der Waals surface area contributed by atoms with E-state index in [1.807, 2.05) is 13.1 Å². The van der Waals surface area contributed by atoms with Gasteiger partial charge in [0.15, 0.2) is 0 Å². The normalized spacial score (nSPS) is 10.8. The molecule has 0 bridgehead atoms. The van der Waals surface area contributed by atoms with Gasteiger partial charge in [-0.3, -0.25) is 0 Å². The number of hydrogen-bond donors (Lipinski definition) is 0. The summed E-state index contributed by atoms with van der Waals surface area (Å²) < 4.78 is 5.03. The van der Waals surface area contributed by atoms with Crippen molar-refractivity contribution in [3.05, 3.63) is 41.7 Å². The molecule has 100 valence electrons. The van der Waals surface area contributed by atoms with Gasteiger partial charge in [0.2, 0.25) is 0 Å². The Balaban J connectivity index is 2.27. The molecule has 0 fully saturated rings. The van der Waals surface area contributed by atoms with Gasteiger partial charge in [0.1, 0.15) is 0 Å². The summed E-state index contributed by atoms with van der Waals surface area (Å²) in [5, 5.41) is 0.